The molecular formula is C12H10F3NO3. The van der Waals surface area contributed by atoms with Crippen molar-refractivity contribution >= 4 is 5.97 Å². The summed E-state index contributed by atoms with van der Waals surface area (Å²) in [6.07, 6.45) is -4.67. The topological polar surface area (TPSA) is 59.3 Å². The van der Waals surface area contributed by atoms with Crippen molar-refractivity contribution in [3.8, 4) is 11.8 Å². The quantitative estimate of drug-likeness (QED) is 0.794. The number of carbonyl (C=O) groups is 1. The molecule has 102 valence electrons. The van der Waals surface area contributed by atoms with Gasteiger partial charge in [-0.3, -0.25) is 0 Å². The van der Waals surface area contributed by atoms with Crippen LogP contribution >= 0.6 is 0 Å². The van der Waals surface area contributed by atoms with Gasteiger partial charge in [0.2, 0.25) is 0 Å². The number of rotatable bonds is 3. The van der Waals surface area contributed by atoms with Crippen molar-refractivity contribution < 1.29 is 27.4 Å². The Labute approximate surface area is 107 Å². The van der Waals surface area contributed by atoms with Crippen molar-refractivity contribution in [3.63, 3.8) is 0 Å². The summed E-state index contributed by atoms with van der Waals surface area (Å²) in [5.41, 5.74) is -0.397. The molecule has 0 unspecified atom stereocenters. The molecule has 1 aromatic carbocycles. The van der Waals surface area contributed by atoms with Gasteiger partial charge in [0, 0.05) is 0 Å². The average Bonchev–Trinajstić information content (AvgIpc) is 2.35. The lowest BCUT2D eigenvalue weighted by atomic mass is 10.0. The molecule has 0 heterocycles. The Bertz CT molecular complexity index is 532. The van der Waals surface area contributed by atoms with Crippen LogP contribution in [0.1, 0.15) is 28.4 Å². The molecular weight excluding hydrogens is 263 g/mol. The molecule has 0 saturated heterocycles. The molecule has 0 saturated carbocycles. The van der Waals surface area contributed by atoms with Crippen LogP contribution in [0.25, 0.3) is 0 Å². The SMILES string of the molecule is CCc1ccc(C(=O)OC)c(OC(F)(F)F)c1C#N. The van der Waals surface area contributed by atoms with E-state index in [1.54, 1.807) is 13.0 Å². The number of methoxy groups -OCH3 is 1. The molecule has 7 heteroatoms. The summed E-state index contributed by atoms with van der Waals surface area (Å²) in [5, 5.41) is 8.96. The molecule has 0 fully saturated rings. The van der Waals surface area contributed by atoms with Crippen LogP contribution in [-0.2, 0) is 11.2 Å². The van der Waals surface area contributed by atoms with E-state index in [0.717, 1.165) is 13.2 Å². The summed E-state index contributed by atoms with van der Waals surface area (Å²) >= 11 is 0. The highest BCUT2D eigenvalue weighted by Crippen LogP contribution is 2.32. The van der Waals surface area contributed by atoms with E-state index in [4.69, 9.17) is 5.26 Å². The van der Waals surface area contributed by atoms with Gasteiger partial charge in [-0.2, -0.15) is 5.26 Å². The number of esters is 1. The lowest BCUT2D eigenvalue weighted by molar-refractivity contribution is -0.274. The third kappa shape index (κ3) is 3.37. The molecule has 0 amide bonds. The van der Waals surface area contributed by atoms with E-state index in [1.807, 2.05) is 0 Å². The summed E-state index contributed by atoms with van der Waals surface area (Å²) in [4.78, 5) is 11.4. The molecule has 0 bridgehead atoms. The van der Waals surface area contributed by atoms with Gasteiger partial charge in [0.05, 0.1) is 12.7 Å². The minimum atomic E-state index is -5.00. The zero-order chi connectivity index (χ0) is 14.6. The zero-order valence-corrected chi connectivity index (χ0v) is 10.2. The van der Waals surface area contributed by atoms with Gasteiger partial charge in [-0.1, -0.05) is 13.0 Å². The second-order valence-corrected chi connectivity index (χ2v) is 3.48. The molecule has 4 nitrogen and oxygen atoms in total. The number of nitriles is 1. The van der Waals surface area contributed by atoms with Gasteiger partial charge in [-0.25, -0.2) is 4.79 Å². The normalized spacial score (nSPS) is 10.7. The van der Waals surface area contributed by atoms with E-state index >= 15 is 0 Å². The van der Waals surface area contributed by atoms with Crippen molar-refractivity contribution in [1.29, 1.82) is 5.26 Å². The molecule has 19 heavy (non-hydrogen) atoms. The highest BCUT2D eigenvalue weighted by Gasteiger charge is 2.35. The van der Waals surface area contributed by atoms with Crippen LogP contribution in [0.4, 0.5) is 13.2 Å². The van der Waals surface area contributed by atoms with Gasteiger partial charge in [-0.15, -0.1) is 13.2 Å². The third-order valence-electron chi connectivity index (χ3n) is 2.36. The maximum atomic E-state index is 12.4. The number of halogens is 3. The molecule has 0 aromatic heterocycles. The highest BCUT2D eigenvalue weighted by atomic mass is 19.4. The Morgan fingerprint density at radius 1 is 1.42 bits per heavy atom. The third-order valence-corrected chi connectivity index (χ3v) is 2.36. The van der Waals surface area contributed by atoms with Crippen LogP contribution in [0.3, 0.4) is 0 Å². The molecule has 0 aliphatic heterocycles. The number of aryl methyl sites for hydroxylation is 1. The Morgan fingerprint density at radius 3 is 2.47 bits per heavy atom. The Morgan fingerprint density at radius 2 is 2.05 bits per heavy atom. The second-order valence-electron chi connectivity index (χ2n) is 3.48. The maximum absolute atomic E-state index is 12.4. The minimum absolute atomic E-state index is 0.317. The van der Waals surface area contributed by atoms with Gasteiger partial charge in [-0.05, 0) is 18.1 Å². The van der Waals surface area contributed by atoms with Gasteiger partial charge in [0.1, 0.15) is 11.6 Å². The first kappa shape index (κ1) is 14.8. The highest BCUT2D eigenvalue weighted by molar-refractivity contribution is 5.93. The number of benzene rings is 1. The molecule has 1 aromatic rings. The number of ether oxygens (including phenoxy) is 2. The fraction of sp³-hybridized carbons (Fsp3) is 0.333. The minimum Gasteiger partial charge on any atom is -0.465 e. The second kappa shape index (κ2) is 5.61. The molecule has 0 aliphatic rings. The van der Waals surface area contributed by atoms with Crippen molar-refractivity contribution in [1.82, 2.24) is 0 Å². The van der Waals surface area contributed by atoms with Crippen LogP contribution < -0.4 is 4.74 Å². The summed E-state index contributed by atoms with van der Waals surface area (Å²) in [6, 6.07) is 4.17. The van der Waals surface area contributed by atoms with Crippen molar-refractivity contribution in [2.45, 2.75) is 19.7 Å². The van der Waals surface area contributed by atoms with Crippen molar-refractivity contribution in [2.75, 3.05) is 7.11 Å². The summed E-state index contributed by atoms with van der Waals surface area (Å²) in [5.74, 6) is -1.82. The van der Waals surface area contributed by atoms with E-state index in [1.165, 1.54) is 6.07 Å². The van der Waals surface area contributed by atoms with E-state index in [0.29, 0.717) is 12.0 Å². The number of alkyl halides is 3. The molecule has 0 N–H and O–H groups in total. The zero-order valence-electron chi connectivity index (χ0n) is 10.2. The lowest BCUT2D eigenvalue weighted by Crippen LogP contribution is -2.20. The number of hydrogen-bond acceptors (Lipinski definition) is 4. The molecule has 1 rings (SSSR count). The number of hydrogen-bond donors (Lipinski definition) is 0. The maximum Gasteiger partial charge on any atom is 0.573 e. The fourth-order valence-electron chi connectivity index (χ4n) is 1.53. The Balaban J connectivity index is 3.50. The van der Waals surface area contributed by atoms with E-state index in [2.05, 4.69) is 9.47 Å². The van der Waals surface area contributed by atoms with Crippen LogP contribution in [0.15, 0.2) is 12.1 Å². The van der Waals surface area contributed by atoms with Crippen molar-refractivity contribution in [3.05, 3.63) is 28.8 Å². The lowest BCUT2D eigenvalue weighted by Gasteiger charge is -2.15. The molecule has 0 spiro atoms. The van der Waals surface area contributed by atoms with Gasteiger partial charge < -0.3 is 9.47 Å². The fourth-order valence-corrected chi connectivity index (χ4v) is 1.53. The first-order chi connectivity index (χ1) is 8.84. The summed E-state index contributed by atoms with van der Waals surface area (Å²) in [7, 11) is 1.03. The van der Waals surface area contributed by atoms with Crippen molar-refractivity contribution in [2.24, 2.45) is 0 Å². The van der Waals surface area contributed by atoms with E-state index in [9.17, 15) is 18.0 Å². The smallest absolute Gasteiger partial charge is 0.465 e. The van der Waals surface area contributed by atoms with E-state index < -0.39 is 23.6 Å². The van der Waals surface area contributed by atoms with Gasteiger partial charge in [0.25, 0.3) is 0 Å². The molecule has 0 aliphatic carbocycles. The monoisotopic (exact) mass is 273 g/mol. The standard InChI is InChI=1S/C12H10F3NO3/c1-3-7-4-5-8(11(17)18-2)10(9(7)6-16)19-12(13,14)15/h4-5H,3H2,1-2H3. The van der Waals surface area contributed by atoms with Crippen LogP contribution in [0.5, 0.6) is 5.75 Å². The predicted molar refractivity (Wildman–Crippen MR) is 58.6 cm³/mol. The number of carbonyl (C=O) groups excluding carboxylic acids is 1. The van der Waals surface area contributed by atoms with E-state index in [-0.39, 0.29) is 5.56 Å². The first-order valence-corrected chi connectivity index (χ1v) is 5.24. The Kier molecular flexibility index (Phi) is 4.38. The summed E-state index contributed by atoms with van der Waals surface area (Å²) < 4.78 is 45.2. The largest absolute Gasteiger partial charge is 0.573 e. The van der Waals surface area contributed by atoms with Crippen LogP contribution in [0.2, 0.25) is 0 Å². The molecule has 0 atom stereocenters. The van der Waals surface area contributed by atoms with Crippen LogP contribution in [-0.4, -0.2) is 19.4 Å². The summed E-state index contributed by atoms with van der Waals surface area (Å²) in [6.45, 7) is 1.67. The number of nitrogens with zero attached hydrogens (tertiary/aromatic N) is 1. The van der Waals surface area contributed by atoms with Gasteiger partial charge >= 0.3 is 12.3 Å². The predicted octanol–water partition coefficient (Wildman–Crippen LogP) is 2.81. The average molecular weight is 273 g/mol. The van der Waals surface area contributed by atoms with Crippen LogP contribution in [0, 0.1) is 11.3 Å². The first-order valence-electron chi connectivity index (χ1n) is 5.24. The Hall–Kier alpha value is -2.23. The molecule has 0 radical (unpaired) electrons. The van der Waals surface area contributed by atoms with Gasteiger partial charge in [0.15, 0.2) is 5.75 Å².